The van der Waals surface area contributed by atoms with Crippen molar-refractivity contribution in [3.8, 4) is 5.75 Å². The molecule has 10 heteroatoms. The molecule has 0 spiro atoms. The third-order valence-corrected chi connectivity index (χ3v) is 5.18. The van der Waals surface area contributed by atoms with Gasteiger partial charge in [0.1, 0.15) is 11.6 Å². The highest BCUT2D eigenvalue weighted by Gasteiger charge is 2.27. The molecule has 1 aliphatic heterocycles. The SMILES string of the molecule is CCc1cc(N2CCCOC[C@H]2c2ccc(OS(C)(=O)=O)cc2Cl)nc(N)n1. The number of hydrogen-bond donors (Lipinski definition) is 1. The lowest BCUT2D eigenvalue weighted by atomic mass is 10.1. The average molecular weight is 427 g/mol. The van der Waals surface area contributed by atoms with Crippen molar-refractivity contribution in [2.45, 2.75) is 25.8 Å². The summed E-state index contributed by atoms with van der Waals surface area (Å²) in [6.45, 7) is 3.76. The number of rotatable bonds is 5. The van der Waals surface area contributed by atoms with Crippen LogP contribution in [-0.2, 0) is 21.3 Å². The maximum Gasteiger partial charge on any atom is 0.306 e. The van der Waals surface area contributed by atoms with Crippen molar-refractivity contribution >= 4 is 33.5 Å². The quantitative estimate of drug-likeness (QED) is 0.727. The van der Waals surface area contributed by atoms with E-state index in [2.05, 4.69) is 14.9 Å². The summed E-state index contributed by atoms with van der Waals surface area (Å²) in [5, 5.41) is 0.388. The van der Waals surface area contributed by atoms with Gasteiger partial charge in [-0.25, -0.2) is 4.98 Å². The van der Waals surface area contributed by atoms with Gasteiger partial charge in [0.05, 0.1) is 18.9 Å². The fourth-order valence-electron chi connectivity index (χ4n) is 3.15. The standard InChI is InChI=1S/C18H23ClN4O4S/c1-3-12-9-17(22-18(20)21-12)23-7-4-8-26-11-16(23)14-6-5-13(10-15(14)19)27-28(2,24)25/h5-6,9-10,16H,3-4,7-8,11H2,1-2H3,(H2,20,21,22)/t16-/m0/s1. The van der Waals surface area contributed by atoms with Crippen LogP contribution in [0.2, 0.25) is 5.02 Å². The van der Waals surface area contributed by atoms with E-state index >= 15 is 0 Å². The van der Waals surface area contributed by atoms with Crippen LogP contribution in [0.15, 0.2) is 24.3 Å². The minimum absolute atomic E-state index is 0.164. The van der Waals surface area contributed by atoms with Gasteiger partial charge in [0, 0.05) is 36.0 Å². The van der Waals surface area contributed by atoms with Crippen LogP contribution in [-0.4, -0.2) is 44.4 Å². The summed E-state index contributed by atoms with van der Waals surface area (Å²) in [5.74, 6) is 1.10. The Labute approximate surface area is 169 Å². The molecule has 1 aromatic heterocycles. The Morgan fingerprint density at radius 3 is 2.82 bits per heavy atom. The highest BCUT2D eigenvalue weighted by Crippen LogP contribution is 2.35. The number of aromatic nitrogens is 2. The van der Waals surface area contributed by atoms with Crippen molar-refractivity contribution in [2.24, 2.45) is 0 Å². The fraction of sp³-hybridized carbons (Fsp3) is 0.444. The molecule has 0 amide bonds. The molecule has 28 heavy (non-hydrogen) atoms. The van der Waals surface area contributed by atoms with Gasteiger partial charge < -0.3 is 19.6 Å². The molecule has 8 nitrogen and oxygen atoms in total. The third kappa shape index (κ3) is 5.03. The van der Waals surface area contributed by atoms with E-state index in [-0.39, 0.29) is 17.7 Å². The summed E-state index contributed by atoms with van der Waals surface area (Å²) >= 11 is 6.47. The van der Waals surface area contributed by atoms with E-state index < -0.39 is 10.1 Å². The maximum atomic E-state index is 11.4. The summed E-state index contributed by atoms with van der Waals surface area (Å²) in [4.78, 5) is 10.7. The molecule has 2 aromatic rings. The number of nitrogens with two attached hydrogens (primary N) is 1. The Morgan fingerprint density at radius 2 is 2.14 bits per heavy atom. The van der Waals surface area contributed by atoms with Crippen LogP contribution in [0.4, 0.5) is 11.8 Å². The van der Waals surface area contributed by atoms with Crippen LogP contribution in [0.3, 0.4) is 0 Å². The normalized spacial score (nSPS) is 18.0. The minimum atomic E-state index is -3.63. The largest absolute Gasteiger partial charge is 0.383 e. The van der Waals surface area contributed by atoms with Crippen LogP contribution in [0.5, 0.6) is 5.75 Å². The van der Waals surface area contributed by atoms with Crippen molar-refractivity contribution in [3.63, 3.8) is 0 Å². The van der Waals surface area contributed by atoms with Gasteiger partial charge in [-0.1, -0.05) is 24.6 Å². The Bertz CT molecular complexity index is 955. The monoisotopic (exact) mass is 426 g/mol. The van der Waals surface area contributed by atoms with Crippen LogP contribution in [0, 0.1) is 0 Å². The number of halogens is 1. The molecule has 0 bridgehead atoms. The molecule has 2 heterocycles. The van der Waals surface area contributed by atoms with Crippen LogP contribution < -0.4 is 14.8 Å². The van der Waals surface area contributed by atoms with E-state index in [1.54, 1.807) is 12.1 Å². The number of hydrogen-bond acceptors (Lipinski definition) is 8. The molecule has 0 saturated carbocycles. The minimum Gasteiger partial charge on any atom is -0.383 e. The molecule has 1 atom stereocenters. The zero-order valence-corrected chi connectivity index (χ0v) is 17.3. The highest BCUT2D eigenvalue weighted by atomic mass is 35.5. The van der Waals surface area contributed by atoms with Gasteiger partial charge in [-0.05, 0) is 24.5 Å². The van der Waals surface area contributed by atoms with Crippen molar-refractivity contribution < 1.29 is 17.3 Å². The second-order valence-corrected chi connectivity index (χ2v) is 8.52. The molecular weight excluding hydrogens is 404 g/mol. The van der Waals surface area contributed by atoms with Crippen LogP contribution in [0.1, 0.15) is 30.6 Å². The van der Waals surface area contributed by atoms with Gasteiger partial charge in [0.2, 0.25) is 5.95 Å². The first-order valence-electron chi connectivity index (χ1n) is 8.93. The van der Waals surface area contributed by atoms with E-state index in [1.165, 1.54) is 6.07 Å². The molecule has 2 N–H and O–H groups in total. The number of nitrogen functional groups attached to an aromatic ring is 1. The van der Waals surface area contributed by atoms with Gasteiger partial charge in [0.15, 0.2) is 0 Å². The van der Waals surface area contributed by atoms with E-state index in [9.17, 15) is 8.42 Å². The van der Waals surface area contributed by atoms with E-state index in [0.29, 0.717) is 30.6 Å². The number of nitrogens with zero attached hydrogens (tertiary/aromatic N) is 3. The first-order chi connectivity index (χ1) is 13.3. The van der Waals surface area contributed by atoms with Crippen LogP contribution in [0.25, 0.3) is 0 Å². The predicted molar refractivity (Wildman–Crippen MR) is 108 cm³/mol. The lowest BCUT2D eigenvalue weighted by molar-refractivity contribution is 0.134. The van der Waals surface area contributed by atoms with Crippen molar-refractivity contribution in [3.05, 3.63) is 40.5 Å². The zero-order chi connectivity index (χ0) is 20.3. The van der Waals surface area contributed by atoms with Crippen molar-refractivity contribution in [2.75, 3.05) is 36.6 Å². The lowest BCUT2D eigenvalue weighted by Gasteiger charge is -2.31. The Hall–Kier alpha value is -2.10. The van der Waals surface area contributed by atoms with E-state index in [4.69, 9.17) is 26.3 Å². The smallest absolute Gasteiger partial charge is 0.306 e. The predicted octanol–water partition coefficient (Wildman–Crippen LogP) is 2.58. The second-order valence-electron chi connectivity index (χ2n) is 6.54. The Kier molecular flexibility index (Phi) is 6.26. The summed E-state index contributed by atoms with van der Waals surface area (Å²) in [6.07, 6.45) is 2.56. The second kappa shape index (κ2) is 8.50. The summed E-state index contributed by atoms with van der Waals surface area (Å²) in [6, 6.07) is 6.54. The number of aryl methyl sites for hydroxylation is 1. The van der Waals surface area contributed by atoms with E-state index in [1.807, 2.05) is 13.0 Å². The summed E-state index contributed by atoms with van der Waals surface area (Å²) < 4.78 is 33.4. The van der Waals surface area contributed by atoms with Crippen molar-refractivity contribution in [1.29, 1.82) is 0 Å². The van der Waals surface area contributed by atoms with Gasteiger partial charge in [-0.15, -0.1) is 0 Å². The topological polar surface area (TPSA) is 108 Å². The third-order valence-electron chi connectivity index (χ3n) is 4.36. The molecule has 152 valence electrons. The summed E-state index contributed by atoms with van der Waals surface area (Å²) in [5.41, 5.74) is 7.54. The molecule has 1 aromatic carbocycles. The zero-order valence-electron chi connectivity index (χ0n) is 15.8. The van der Waals surface area contributed by atoms with Gasteiger partial charge in [-0.3, -0.25) is 0 Å². The first kappa shape index (κ1) is 20.6. The highest BCUT2D eigenvalue weighted by molar-refractivity contribution is 7.86. The van der Waals surface area contributed by atoms with Crippen molar-refractivity contribution in [1.82, 2.24) is 9.97 Å². The van der Waals surface area contributed by atoms with Crippen LogP contribution >= 0.6 is 11.6 Å². The number of ether oxygens (including phenoxy) is 1. The number of benzene rings is 1. The summed E-state index contributed by atoms with van der Waals surface area (Å²) in [7, 11) is -3.63. The van der Waals surface area contributed by atoms with Gasteiger partial charge in [-0.2, -0.15) is 13.4 Å². The first-order valence-corrected chi connectivity index (χ1v) is 11.1. The molecule has 0 radical (unpaired) electrons. The molecular formula is C18H23ClN4O4S. The number of anilines is 2. The molecule has 0 unspecified atom stereocenters. The molecule has 1 fully saturated rings. The fourth-order valence-corrected chi connectivity index (χ4v) is 3.90. The molecule has 1 aliphatic rings. The van der Waals surface area contributed by atoms with E-state index in [0.717, 1.165) is 30.4 Å². The molecule has 0 aliphatic carbocycles. The Morgan fingerprint density at radius 1 is 1.36 bits per heavy atom. The molecule has 1 saturated heterocycles. The Balaban J connectivity index is 1.99. The lowest BCUT2D eigenvalue weighted by Crippen LogP contribution is -2.32. The maximum absolute atomic E-state index is 11.4. The average Bonchev–Trinajstić information content (AvgIpc) is 2.86. The molecule has 3 rings (SSSR count). The van der Waals surface area contributed by atoms with Gasteiger partial charge >= 0.3 is 10.1 Å². The van der Waals surface area contributed by atoms with Gasteiger partial charge in [0.25, 0.3) is 0 Å².